The standard InChI is InChI=1S/C17H24N2O2/c1-3-15(2)16-6-4-5-7-17(16)21-13-12-20-11-10-19-9-8-18-14-19/h4-9,14-15H,3,10-13H2,1-2H3/t15-/m0/s1. The van der Waals surface area contributed by atoms with Gasteiger partial charge in [0.15, 0.2) is 0 Å². The predicted octanol–water partition coefficient (Wildman–Crippen LogP) is 3.49. The van der Waals surface area contributed by atoms with Crippen LogP contribution in [-0.2, 0) is 11.3 Å². The second kappa shape index (κ2) is 8.47. The summed E-state index contributed by atoms with van der Waals surface area (Å²) in [5, 5.41) is 0. The molecule has 0 unspecified atom stereocenters. The first kappa shape index (κ1) is 15.6. The van der Waals surface area contributed by atoms with Crippen LogP contribution in [0.2, 0.25) is 0 Å². The Morgan fingerprint density at radius 2 is 2.05 bits per heavy atom. The molecule has 0 N–H and O–H groups in total. The van der Waals surface area contributed by atoms with Gasteiger partial charge < -0.3 is 14.0 Å². The van der Waals surface area contributed by atoms with E-state index in [4.69, 9.17) is 9.47 Å². The zero-order chi connectivity index (χ0) is 14.9. The van der Waals surface area contributed by atoms with Crippen LogP contribution < -0.4 is 4.74 Å². The van der Waals surface area contributed by atoms with Crippen LogP contribution in [0.4, 0.5) is 0 Å². The molecule has 0 spiro atoms. The highest BCUT2D eigenvalue weighted by molar-refractivity contribution is 5.35. The maximum absolute atomic E-state index is 5.85. The third kappa shape index (κ3) is 4.90. The minimum Gasteiger partial charge on any atom is -0.491 e. The Morgan fingerprint density at radius 3 is 2.81 bits per heavy atom. The van der Waals surface area contributed by atoms with Crippen LogP contribution in [0, 0.1) is 0 Å². The molecule has 0 fully saturated rings. The Kier molecular flexibility index (Phi) is 6.28. The quantitative estimate of drug-likeness (QED) is 0.663. The second-order valence-corrected chi connectivity index (χ2v) is 5.11. The van der Waals surface area contributed by atoms with Crippen molar-refractivity contribution in [1.29, 1.82) is 0 Å². The first-order chi connectivity index (χ1) is 10.3. The Balaban J connectivity index is 1.69. The molecule has 1 atom stereocenters. The molecule has 1 heterocycles. The minimum atomic E-state index is 0.517. The van der Waals surface area contributed by atoms with Gasteiger partial charge in [-0.2, -0.15) is 0 Å². The topological polar surface area (TPSA) is 36.3 Å². The fourth-order valence-electron chi connectivity index (χ4n) is 2.14. The summed E-state index contributed by atoms with van der Waals surface area (Å²) in [6.45, 7) is 7.10. The molecule has 1 aromatic heterocycles. The van der Waals surface area contributed by atoms with E-state index < -0.39 is 0 Å². The Labute approximate surface area is 126 Å². The van der Waals surface area contributed by atoms with Gasteiger partial charge in [0, 0.05) is 18.9 Å². The lowest BCUT2D eigenvalue weighted by molar-refractivity contribution is 0.0939. The average Bonchev–Trinajstić information content (AvgIpc) is 3.03. The first-order valence-corrected chi connectivity index (χ1v) is 7.56. The molecule has 0 radical (unpaired) electrons. The maximum Gasteiger partial charge on any atom is 0.122 e. The fourth-order valence-corrected chi connectivity index (χ4v) is 2.14. The molecule has 4 nitrogen and oxygen atoms in total. The van der Waals surface area contributed by atoms with Crippen LogP contribution >= 0.6 is 0 Å². The summed E-state index contributed by atoms with van der Waals surface area (Å²) < 4.78 is 13.4. The summed E-state index contributed by atoms with van der Waals surface area (Å²) in [4.78, 5) is 3.99. The first-order valence-electron chi connectivity index (χ1n) is 7.56. The number of aromatic nitrogens is 2. The summed E-state index contributed by atoms with van der Waals surface area (Å²) in [7, 11) is 0. The maximum atomic E-state index is 5.85. The number of hydrogen-bond acceptors (Lipinski definition) is 3. The number of nitrogens with zero attached hydrogens (tertiary/aromatic N) is 2. The summed E-state index contributed by atoms with van der Waals surface area (Å²) in [5.74, 6) is 1.49. The molecule has 2 aromatic rings. The van der Waals surface area contributed by atoms with Gasteiger partial charge >= 0.3 is 0 Å². The highest BCUT2D eigenvalue weighted by Gasteiger charge is 2.09. The van der Waals surface area contributed by atoms with E-state index >= 15 is 0 Å². The van der Waals surface area contributed by atoms with Crippen molar-refractivity contribution in [2.45, 2.75) is 32.7 Å². The average molecular weight is 288 g/mol. The van der Waals surface area contributed by atoms with Crippen molar-refractivity contribution >= 4 is 0 Å². The lowest BCUT2D eigenvalue weighted by atomic mass is 9.98. The van der Waals surface area contributed by atoms with Crippen molar-refractivity contribution < 1.29 is 9.47 Å². The number of hydrogen-bond donors (Lipinski definition) is 0. The van der Waals surface area contributed by atoms with E-state index in [-0.39, 0.29) is 0 Å². The molecule has 0 bridgehead atoms. The van der Waals surface area contributed by atoms with E-state index in [1.54, 1.807) is 12.5 Å². The molecular weight excluding hydrogens is 264 g/mol. The van der Waals surface area contributed by atoms with E-state index in [2.05, 4.69) is 31.0 Å². The van der Waals surface area contributed by atoms with Crippen molar-refractivity contribution in [2.24, 2.45) is 0 Å². The highest BCUT2D eigenvalue weighted by Crippen LogP contribution is 2.28. The van der Waals surface area contributed by atoms with Crippen molar-refractivity contribution in [1.82, 2.24) is 9.55 Å². The fraction of sp³-hybridized carbons (Fsp3) is 0.471. The van der Waals surface area contributed by atoms with E-state index in [0.29, 0.717) is 25.7 Å². The Bertz CT molecular complexity index is 511. The van der Waals surface area contributed by atoms with Gasteiger partial charge in [-0.1, -0.05) is 32.0 Å². The van der Waals surface area contributed by atoms with Crippen LogP contribution in [0.5, 0.6) is 5.75 Å². The van der Waals surface area contributed by atoms with Gasteiger partial charge in [-0.05, 0) is 24.0 Å². The summed E-state index contributed by atoms with van der Waals surface area (Å²) >= 11 is 0. The van der Waals surface area contributed by atoms with E-state index in [1.807, 2.05) is 22.9 Å². The number of imidazole rings is 1. The van der Waals surface area contributed by atoms with E-state index in [0.717, 1.165) is 18.7 Å². The van der Waals surface area contributed by atoms with Gasteiger partial charge in [0.05, 0.1) is 19.5 Å². The van der Waals surface area contributed by atoms with Crippen molar-refractivity contribution in [3.8, 4) is 5.75 Å². The molecule has 0 saturated carbocycles. The normalized spacial score (nSPS) is 12.3. The molecule has 114 valence electrons. The molecule has 0 aliphatic carbocycles. The molecule has 0 aliphatic rings. The lowest BCUT2D eigenvalue weighted by Gasteiger charge is -2.15. The summed E-state index contributed by atoms with van der Waals surface area (Å²) in [6.07, 6.45) is 6.61. The van der Waals surface area contributed by atoms with E-state index in [9.17, 15) is 0 Å². The zero-order valence-corrected chi connectivity index (χ0v) is 12.9. The largest absolute Gasteiger partial charge is 0.491 e. The SMILES string of the molecule is CC[C@H](C)c1ccccc1OCCOCCn1ccnc1. The van der Waals surface area contributed by atoms with Gasteiger partial charge in [0.25, 0.3) is 0 Å². The monoisotopic (exact) mass is 288 g/mol. The Hall–Kier alpha value is -1.81. The van der Waals surface area contributed by atoms with Crippen molar-refractivity contribution in [3.05, 3.63) is 48.5 Å². The Morgan fingerprint density at radius 1 is 1.19 bits per heavy atom. The van der Waals surface area contributed by atoms with Crippen LogP contribution in [0.25, 0.3) is 0 Å². The van der Waals surface area contributed by atoms with Gasteiger partial charge in [0.1, 0.15) is 12.4 Å². The lowest BCUT2D eigenvalue weighted by Crippen LogP contribution is -2.11. The van der Waals surface area contributed by atoms with E-state index in [1.165, 1.54) is 5.56 Å². The van der Waals surface area contributed by atoms with Crippen molar-refractivity contribution in [3.63, 3.8) is 0 Å². The highest BCUT2D eigenvalue weighted by atomic mass is 16.5. The zero-order valence-electron chi connectivity index (χ0n) is 12.9. The third-order valence-electron chi connectivity index (χ3n) is 3.60. The second-order valence-electron chi connectivity index (χ2n) is 5.11. The molecule has 1 aromatic carbocycles. The molecule has 0 amide bonds. The van der Waals surface area contributed by atoms with Crippen LogP contribution in [0.1, 0.15) is 31.7 Å². The smallest absolute Gasteiger partial charge is 0.122 e. The number of para-hydroxylation sites is 1. The van der Waals surface area contributed by atoms with Gasteiger partial charge in [0.2, 0.25) is 0 Å². The number of benzene rings is 1. The number of ether oxygens (including phenoxy) is 2. The van der Waals surface area contributed by atoms with Crippen LogP contribution in [0.3, 0.4) is 0 Å². The van der Waals surface area contributed by atoms with Gasteiger partial charge in [-0.15, -0.1) is 0 Å². The minimum absolute atomic E-state index is 0.517. The predicted molar refractivity (Wildman–Crippen MR) is 83.7 cm³/mol. The molecule has 0 aliphatic heterocycles. The van der Waals surface area contributed by atoms with Gasteiger partial charge in [-0.25, -0.2) is 4.98 Å². The third-order valence-corrected chi connectivity index (χ3v) is 3.60. The summed E-state index contributed by atoms with van der Waals surface area (Å²) in [5.41, 5.74) is 1.28. The molecular formula is C17H24N2O2. The molecule has 0 saturated heterocycles. The van der Waals surface area contributed by atoms with Crippen LogP contribution in [0.15, 0.2) is 43.0 Å². The summed E-state index contributed by atoms with van der Waals surface area (Å²) in [6, 6.07) is 8.26. The molecule has 2 rings (SSSR count). The molecule has 21 heavy (non-hydrogen) atoms. The molecule has 4 heteroatoms. The van der Waals surface area contributed by atoms with Crippen LogP contribution in [-0.4, -0.2) is 29.4 Å². The number of rotatable bonds is 9. The van der Waals surface area contributed by atoms with Gasteiger partial charge in [-0.3, -0.25) is 0 Å². The van der Waals surface area contributed by atoms with Crippen molar-refractivity contribution in [2.75, 3.05) is 19.8 Å².